The lowest BCUT2D eigenvalue weighted by atomic mass is 9.86. The SMILES string of the molecule is CC1CCC2CCNCC12. The molecule has 0 amide bonds. The molecule has 1 heteroatoms. The van der Waals surface area contributed by atoms with Crippen LogP contribution >= 0.6 is 0 Å². The Bertz CT molecular complexity index is 120. The molecule has 3 unspecified atom stereocenters. The fourth-order valence-corrected chi connectivity index (χ4v) is 2.65. The molecule has 1 nitrogen and oxygen atoms in total. The number of hydrogen-bond donors (Lipinski definition) is 1. The molecule has 58 valence electrons. The van der Waals surface area contributed by atoms with Crippen molar-refractivity contribution in [1.82, 2.24) is 5.32 Å². The molecule has 2 rings (SSSR count). The van der Waals surface area contributed by atoms with Crippen LogP contribution in [0.3, 0.4) is 0 Å². The van der Waals surface area contributed by atoms with Crippen molar-refractivity contribution in [3.8, 4) is 0 Å². The summed E-state index contributed by atoms with van der Waals surface area (Å²) in [6, 6.07) is 0. The Hall–Kier alpha value is -0.0400. The Labute approximate surface area is 63.2 Å². The molecule has 3 atom stereocenters. The standard InChI is InChI=1S/C9H17N/c1-7-2-3-8-4-5-10-6-9(7)8/h7-10H,2-6H2,1H3. The largest absolute Gasteiger partial charge is 0.316 e. The van der Waals surface area contributed by atoms with Crippen LogP contribution in [0.5, 0.6) is 0 Å². The van der Waals surface area contributed by atoms with E-state index in [-0.39, 0.29) is 0 Å². The van der Waals surface area contributed by atoms with E-state index in [9.17, 15) is 0 Å². The van der Waals surface area contributed by atoms with Gasteiger partial charge in [0.2, 0.25) is 0 Å². The van der Waals surface area contributed by atoms with Crippen molar-refractivity contribution in [2.75, 3.05) is 13.1 Å². The van der Waals surface area contributed by atoms with E-state index in [0.29, 0.717) is 0 Å². The summed E-state index contributed by atoms with van der Waals surface area (Å²) in [5.41, 5.74) is 0. The fourth-order valence-electron chi connectivity index (χ4n) is 2.65. The second-order valence-electron chi connectivity index (χ2n) is 3.97. The Morgan fingerprint density at radius 2 is 2.10 bits per heavy atom. The van der Waals surface area contributed by atoms with Crippen molar-refractivity contribution in [3.63, 3.8) is 0 Å². The first-order valence-electron chi connectivity index (χ1n) is 4.58. The Morgan fingerprint density at radius 3 is 2.90 bits per heavy atom. The van der Waals surface area contributed by atoms with Crippen molar-refractivity contribution >= 4 is 0 Å². The second kappa shape index (κ2) is 2.54. The van der Waals surface area contributed by atoms with Crippen molar-refractivity contribution in [3.05, 3.63) is 0 Å². The summed E-state index contributed by atoms with van der Waals surface area (Å²) < 4.78 is 0. The first kappa shape index (κ1) is 6.66. The number of nitrogens with one attached hydrogen (secondary N) is 1. The van der Waals surface area contributed by atoms with Gasteiger partial charge in [-0.05, 0) is 43.7 Å². The van der Waals surface area contributed by atoms with Crippen LogP contribution in [-0.4, -0.2) is 13.1 Å². The Balaban J connectivity index is 2.01. The molecule has 0 bridgehead atoms. The van der Waals surface area contributed by atoms with Gasteiger partial charge in [0.1, 0.15) is 0 Å². The third-order valence-electron chi connectivity index (χ3n) is 3.40. The van der Waals surface area contributed by atoms with Crippen LogP contribution in [0.15, 0.2) is 0 Å². The number of hydrogen-bond acceptors (Lipinski definition) is 1. The van der Waals surface area contributed by atoms with E-state index in [4.69, 9.17) is 0 Å². The maximum Gasteiger partial charge on any atom is -0.00153 e. The molecule has 1 saturated carbocycles. The molecule has 1 N–H and O–H groups in total. The first-order valence-corrected chi connectivity index (χ1v) is 4.58. The molecular weight excluding hydrogens is 122 g/mol. The predicted molar refractivity (Wildman–Crippen MR) is 42.9 cm³/mol. The van der Waals surface area contributed by atoms with Gasteiger partial charge >= 0.3 is 0 Å². The summed E-state index contributed by atoms with van der Waals surface area (Å²) in [5, 5.41) is 3.49. The summed E-state index contributed by atoms with van der Waals surface area (Å²) in [4.78, 5) is 0. The van der Waals surface area contributed by atoms with E-state index in [0.717, 1.165) is 17.8 Å². The van der Waals surface area contributed by atoms with Crippen LogP contribution in [0.1, 0.15) is 26.2 Å². The zero-order chi connectivity index (χ0) is 6.97. The average molecular weight is 139 g/mol. The molecule has 0 radical (unpaired) electrons. The molecule has 1 aliphatic heterocycles. The average Bonchev–Trinajstić information content (AvgIpc) is 2.34. The summed E-state index contributed by atoms with van der Waals surface area (Å²) in [7, 11) is 0. The quantitative estimate of drug-likeness (QED) is 0.538. The van der Waals surface area contributed by atoms with Gasteiger partial charge in [-0.25, -0.2) is 0 Å². The minimum atomic E-state index is 0.998. The molecule has 1 heterocycles. The van der Waals surface area contributed by atoms with Crippen LogP contribution in [0.2, 0.25) is 0 Å². The predicted octanol–water partition coefficient (Wildman–Crippen LogP) is 1.64. The van der Waals surface area contributed by atoms with E-state index in [1.165, 1.54) is 32.4 Å². The van der Waals surface area contributed by atoms with Crippen LogP contribution in [-0.2, 0) is 0 Å². The second-order valence-corrected chi connectivity index (χ2v) is 3.97. The topological polar surface area (TPSA) is 12.0 Å². The van der Waals surface area contributed by atoms with E-state index in [1.54, 1.807) is 0 Å². The molecule has 2 fully saturated rings. The number of piperidine rings is 1. The highest BCUT2D eigenvalue weighted by Crippen LogP contribution is 2.39. The lowest BCUT2D eigenvalue weighted by Gasteiger charge is -2.28. The van der Waals surface area contributed by atoms with Gasteiger partial charge in [-0.3, -0.25) is 0 Å². The zero-order valence-electron chi connectivity index (χ0n) is 6.77. The smallest absolute Gasteiger partial charge is 0.00153 e. The number of fused-ring (bicyclic) bond motifs is 1. The molecule has 0 aromatic heterocycles. The molecule has 0 spiro atoms. The lowest BCUT2D eigenvalue weighted by molar-refractivity contribution is 0.255. The Kier molecular flexibility index (Phi) is 1.69. The fraction of sp³-hybridized carbons (Fsp3) is 1.00. The van der Waals surface area contributed by atoms with Gasteiger partial charge in [-0.1, -0.05) is 13.3 Å². The third kappa shape index (κ3) is 0.968. The van der Waals surface area contributed by atoms with E-state index < -0.39 is 0 Å². The molecular formula is C9H17N. The van der Waals surface area contributed by atoms with Crippen molar-refractivity contribution < 1.29 is 0 Å². The summed E-state index contributed by atoms with van der Waals surface area (Å²) in [6.45, 7) is 4.98. The molecule has 10 heavy (non-hydrogen) atoms. The van der Waals surface area contributed by atoms with Crippen molar-refractivity contribution in [1.29, 1.82) is 0 Å². The van der Waals surface area contributed by atoms with Gasteiger partial charge < -0.3 is 5.32 Å². The highest BCUT2D eigenvalue weighted by atomic mass is 14.9. The highest BCUT2D eigenvalue weighted by molar-refractivity contribution is 4.87. The van der Waals surface area contributed by atoms with Gasteiger partial charge in [-0.2, -0.15) is 0 Å². The van der Waals surface area contributed by atoms with Gasteiger partial charge in [0.25, 0.3) is 0 Å². The lowest BCUT2D eigenvalue weighted by Crippen LogP contribution is -2.35. The monoisotopic (exact) mass is 139 g/mol. The molecule has 1 saturated heterocycles. The first-order chi connectivity index (χ1) is 4.88. The molecule has 2 aliphatic rings. The minimum Gasteiger partial charge on any atom is -0.316 e. The zero-order valence-corrected chi connectivity index (χ0v) is 6.77. The third-order valence-corrected chi connectivity index (χ3v) is 3.40. The highest BCUT2D eigenvalue weighted by Gasteiger charge is 2.34. The molecule has 1 aliphatic carbocycles. The maximum atomic E-state index is 3.49. The van der Waals surface area contributed by atoms with E-state index >= 15 is 0 Å². The van der Waals surface area contributed by atoms with Gasteiger partial charge in [0.05, 0.1) is 0 Å². The Morgan fingerprint density at radius 1 is 1.20 bits per heavy atom. The van der Waals surface area contributed by atoms with Crippen LogP contribution < -0.4 is 5.32 Å². The summed E-state index contributed by atoms with van der Waals surface area (Å²) >= 11 is 0. The van der Waals surface area contributed by atoms with Crippen LogP contribution in [0.4, 0.5) is 0 Å². The van der Waals surface area contributed by atoms with Gasteiger partial charge in [0.15, 0.2) is 0 Å². The number of rotatable bonds is 0. The van der Waals surface area contributed by atoms with Gasteiger partial charge in [0, 0.05) is 0 Å². The molecule has 0 aromatic rings. The van der Waals surface area contributed by atoms with Crippen molar-refractivity contribution in [2.45, 2.75) is 26.2 Å². The van der Waals surface area contributed by atoms with Crippen LogP contribution in [0.25, 0.3) is 0 Å². The normalized spacial score (nSPS) is 47.1. The van der Waals surface area contributed by atoms with E-state index in [1.807, 2.05) is 0 Å². The maximum absolute atomic E-state index is 3.49. The van der Waals surface area contributed by atoms with Gasteiger partial charge in [-0.15, -0.1) is 0 Å². The minimum absolute atomic E-state index is 0.998. The van der Waals surface area contributed by atoms with Crippen LogP contribution in [0, 0.1) is 17.8 Å². The van der Waals surface area contributed by atoms with Crippen molar-refractivity contribution in [2.24, 2.45) is 17.8 Å². The summed E-state index contributed by atoms with van der Waals surface area (Å²) in [6.07, 6.45) is 4.43. The summed E-state index contributed by atoms with van der Waals surface area (Å²) in [5.74, 6) is 3.10. The van der Waals surface area contributed by atoms with E-state index in [2.05, 4.69) is 12.2 Å². The molecule has 0 aromatic carbocycles.